The van der Waals surface area contributed by atoms with Crippen molar-refractivity contribution in [2.45, 2.75) is 13.0 Å². The van der Waals surface area contributed by atoms with Gasteiger partial charge in [0.25, 0.3) is 0 Å². The molecular formula is C11H16O3S. The number of aliphatic hydroxyl groups is 1. The van der Waals surface area contributed by atoms with E-state index in [1.807, 2.05) is 13.0 Å². The highest BCUT2D eigenvalue weighted by molar-refractivity contribution is 7.80. The van der Waals surface area contributed by atoms with Crippen LogP contribution in [0.1, 0.15) is 17.2 Å². The molecule has 0 aliphatic rings. The number of aryl methyl sites for hydroxylation is 1. The average molecular weight is 228 g/mol. The number of benzene rings is 1. The molecule has 0 aromatic heterocycles. The molecule has 1 atom stereocenters. The van der Waals surface area contributed by atoms with Crippen molar-refractivity contribution >= 4 is 12.6 Å². The van der Waals surface area contributed by atoms with Gasteiger partial charge in [-0.05, 0) is 18.6 Å². The third-order valence-corrected chi connectivity index (χ3v) is 2.63. The van der Waals surface area contributed by atoms with Gasteiger partial charge in [-0.3, -0.25) is 0 Å². The van der Waals surface area contributed by atoms with Gasteiger partial charge in [0.1, 0.15) is 11.5 Å². The molecule has 0 fully saturated rings. The van der Waals surface area contributed by atoms with E-state index in [0.29, 0.717) is 11.5 Å². The molecule has 0 aliphatic carbocycles. The van der Waals surface area contributed by atoms with Crippen LogP contribution in [-0.2, 0) is 0 Å². The third-order valence-electron chi connectivity index (χ3n) is 2.28. The predicted octanol–water partition coefficient (Wildman–Crippen LogP) is 1.98. The Morgan fingerprint density at radius 2 is 2.00 bits per heavy atom. The maximum atomic E-state index is 9.79. The lowest BCUT2D eigenvalue weighted by molar-refractivity contribution is 0.198. The lowest BCUT2D eigenvalue weighted by atomic mass is 10.0. The van der Waals surface area contributed by atoms with E-state index in [1.165, 1.54) is 0 Å². The van der Waals surface area contributed by atoms with Crippen molar-refractivity contribution in [3.63, 3.8) is 0 Å². The molecule has 0 radical (unpaired) electrons. The Labute approximate surface area is 95.4 Å². The zero-order valence-electron chi connectivity index (χ0n) is 9.15. The van der Waals surface area contributed by atoms with E-state index in [9.17, 15) is 5.11 Å². The molecule has 0 bridgehead atoms. The first-order valence-electron chi connectivity index (χ1n) is 4.65. The summed E-state index contributed by atoms with van der Waals surface area (Å²) in [6.07, 6.45) is -0.616. The number of rotatable bonds is 4. The number of thiol groups is 1. The maximum absolute atomic E-state index is 9.79. The first kappa shape index (κ1) is 12.2. The first-order valence-corrected chi connectivity index (χ1v) is 5.28. The molecule has 84 valence electrons. The summed E-state index contributed by atoms with van der Waals surface area (Å²) >= 11 is 4.07. The Morgan fingerprint density at radius 1 is 1.33 bits per heavy atom. The normalized spacial score (nSPS) is 12.3. The lowest BCUT2D eigenvalue weighted by Crippen LogP contribution is -2.05. The minimum Gasteiger partial charge on any atom is -0.497 e. The summed E-state index contributed by atoms with van der Waals surface area (Å²) in [5.74, 6) is 1.72. The van der Waals surface area contributed by atoms with E-state index >= 15 is 0 Å². The van der Waals surface area contributed by atoms with Crippen LogP contribution in [0.4, 0.5) is 0 Å². The fourth-order valence-electron chi connectivity index (χ4n) is 1.54. The minimum atomic E-state index is -0.616. The van der Waals surface area contributed by atoms with Gasteiger partial charge in [0.15, 0.2) is 0 Å². The Bertz CT molecular complexity index is 339. The standard InChI is InChI=1S/C11H16O3S/c1-7-4-8(13-2)5-10(14-3)11(7)9(12)6-15/h4-5,9,12,15H,6H2,1-3H3. The monoisotopic (exact) mass is 228 g/mol. The molecule has 0 spiro atoms. The Morgan fingerprint density at radius 3 is 2.47 bits per heavy atom. The van der Waals surface area contributed by atoms with E-state index in [2.05, 4.69) is 12.6 Å². The van der Waals surface area contributed by atoms with E-state index < -0.39 is 6.10 Å². The Balaban J connectivity index is 3.24. The molecule has 15 heavy (non-hydrogen) atoms. The van der Waals surface area contributed by atoms with Crippen LogP contribution >= 0.6 is 12.6 Å². The fraction of sp³-hybridized carbons (Fsp3) is 0.455. The van der Waals surface area contributed by atoms with Gasteiger partial charge >= 0.3 is 0 Å². The van der Waals surface area contributed by atoms with Crippen LogP contribution < -0.4 is 9.47 Å². The predicted molar refractivity (Wildman–Crippen MR) is 63.1 cm³/mol. The van der Waals surface area contributed by atoms with Crippen molar-refractivity contribution in [3.8, 4) is 11.5 Å². The SMILES string of the molecule is COc1cc(C)c(C(O)CS)c(OC)c1. The number of aliphatic hydroxyl groups excluding tert-OH is 1. The summed E-state index contributed by atoms with van der Waals surface area (Å²) in [4.78, 5) is 0. The first-order chi connectivity index (χ1) is 7.13. The molecule has 0 saturated carbocycles. The number of methoxy groups -OCH3 is 2. The second-order valence-electron chi connectivity index (χ2n) is 3.26. The highest BCUT2D eigenvalue weighted by Gasteiger charge is 2.16. The fourth-order valence-corrected chi connectivity index (χ4v) is 1.72. The lowest BCUT2D eigenvalue weighted by Gasteiger charge is -2.17. The highest BCUT2D eigenvalue weighted by atomic mass is 32.1. The van der Waals surface area contributed by atoms with Crippen LogP contribution in [-0.4, -0.2) is 25.1 Å². The smallest absolute Gasteiger partial charge is 0.128 e. The maximum Gasteiger partial charge on any atom is 0.128 e. The molecule has 4 heteroatoms. The molecule has 0 amide bonds. The molecule has 0 aliphatic heterocycles. The van der Waals surface area contributed by atoms with Crippen molar-refractivity contribution in [2.75, 3.05) is 20.0 Å². The van der Waals surface area contributed by atoms with Crippen LogP contribution in [0.2, 0.25) is 0 Å². The number of hydrogen-bond donors (Lipinski definition) is 2. The van der Waals surface area contributed by atoms with Crippen LogP contribution in [0.15, 0.2) is 12.1 Å². The second kappa shape index (κ2) is 5.28. The van der Waals surface area contributed by atoms with Crippen LogP contribution in [0.5, 0.6) is 11.5 Å². The summed E-state index contributed by atoms with van der Waals surface area (Å²) in [5.41, 5.74) is 1.71. The minimum absolute atomic E-state index is 0.365. The van der Waals surface area contributed by atoms with Crippen molar-refractivity contribution in [2.24, 2.45) is 0 Å². The summed E-state index contributed by atoms with van der Waals surface area (Å²) in [7, 11) is 3.17. The van der Waals surface area contributed by atoms with Gasteiger partial charge in [0.05, 0.1) is 20.3 Å². The van der Waals surface area contributed by atoms with Gasteiger partial charge < -0.3 is 14.6 Å². The van der Waals surface area contributed by atoms with Crippen molar-refractivity contribution < 1.29 is 14.6 Å². The van der Waals surface area contributed by atoms with Crippen molar-refractivity contribution in [1.82, 2.24) is 0 Å². The summed E-state index contributed by atoms with van der Waals surface area (Å²) in [5, 5.41) is 9.79. The molecule has 1 unspecified atom stereocenters. The molecule has 3 nitrogen and oxygen atoms in total. The third kappa shape index (κ3) is 2.58. The van der Waals surface area contributed by atoms with Gasteiger partial charge in [0, 0.05) is 17.4 Å². The van der Waals surface area contributed by atoms with Crippen molar-refractivity contribution in [1.29, 1.82) is 0 Å². The van der Waals surface area contributed by atoms with Gasteiger partial charge in [-0.15, -0.1) is 0 Å². The van der Waals surface area contributed by atoms with Gasteiger partial charge in [-0.25, -0.2) is 0 Å². The summed E-state index contributed by atoms with van der Waals surface area (Å²) in [6, 6.07) is 3.62. The van der Waals surface area contributed by atoms with Gasteiger partial charge in [-0.2, -0.15) is 12.6 Å². The number of hydrogen-bond acceptors (Lipinski definition) is 4. The van der Waals surface area contributed by atoms with Crippen LogP contribution in [0, 0.1) is 6.92 Å². The Hall–Kier alpha value is -0.870. The van der Waals surface area contributed by atoms with E-state index in [0.717, 1.165) is 16.9 Å². The number of ether oxygens (including phenoxy) is 2. The van der Waals surface area contributed by atoms with Crippen molar-refractivity contribution in [3.05, 3.63) is 23.3 Å². The molecule has 1 rings (SSSR count). The second-order valence-corrected chi connectivity index (χ2v) is 3.62. The van der Waals surface area contributed by atoms with Crippen LogP contribution in [0.25, 0.3) is 0 Å². The van der Waals surface area contributed by atoms with E-state index in [1.54, 1.807) is 20.3 Å². The van der Waals surface area contributed by atoms with Gasteiger partial charge in [0.2, 0.25) is 0 Å². The molecule has 1 aromatic rings. The molecule has 0 heterocycles. The Kier molecular flexibility index (Phi) is 4.29. The summed E-state index contributed by atoms with van der Waals surface area (Å²) < 4.78 is 10.3. The van der Waals surface area contributed by atoms with E-state index in [-0.39, 0.29) is 0 Å². The zero-order valence-corrected chi connectivity index (χ0v) is 10.0. The zero-order chi connectivity index (χ0) is 11.4. The van der Waals surface area contributed by atoms with Crippen LogP contribution in [0.3, 0.4) is 0 Å². The highest BCUT2D eigenvalue weighted by Crippen LogP contribution is 2.33. The van der Waals surface area contributed by atoms with Gasteiger partial charge in [-0.1, -0.05) is 0 Å². The van der Waals surface area contributed by atoms with E-state index in [4.69, 9.17) is 9.47 Å². The molecular weight excluding hydrogens is 212 g/mol. The summed E-state index contributed by atoms with van der Waals surface area (Å²) in [6.45, 7) is 1.91. The topological polar surface area (TPSA) is 38.7 Å². The molecule has 1 aromatic carbocycles. The largest absolute Gasteiger partial charge is 0.497 e. The average Bonchev–Trinajstić information content (AvgIpc) is 2.26. The molecule has 1 N–H and O–H groups in total. The quantitative estimate of drug-likeness (QED) is 0.774. The molecule has 0 saturated heterocycles.